The molecule has 8 nitrogen and oxygen atoms in total. The average Bonchev–Trinajstić information content (AvgIpc) is 3.14. The fraction of sp³-hybridized carbons (Fsp3) is 0.481. The second kappa shape index (κ2) is 12.0. The summed E-state index contributed by atoms with van der Waals surface area (Å²) in [6.45, 7) is 6.55. The van der Waals surface area contributed by atoms with Crippen molar-refractivity contribution >= 4 is 21.7 Å². The summed E-state index contributed by atoms with van der Waals surface area (Å²) in [6.07, 6.45) is 1.91. The molecular weight excluding hydrogens is 480 g/mol. The minimum atomic E-state index is -3.37. The van der Waals surface area contributed by atoms with Gasteiger partial charge in [-0.15, -0.1) is 0 Å². The maximum atomic E-state index is 13.3. The lowest BCUT2D eigenvalue weighted by Gasteiger charge is -2.24. The number of carbonyl (C=O) groups excluding carboxylic acids is 1. The number of hydrogen-bond donors (Lipinski definition) is 2. The number of likely N-dealkylation sites (tertiary alicyclic amines) is 1. The summed E-state index contributed by atoms with van der Waals surface area (Å²) in [5.74, 6) is -1.57. The average molecular weight is 517 g/mol. The molecule has 0 aromatic heterocycles. The van der Waals surface area contributed by atoms with Crippen LogP contribution >= 0.6 is 0 Å². The highest BCUT2D eigenvalue weighted by atomic mass is 32.2. The molecule has 36 heavy (non-hydrogen) atoms. The Hall–Kier alpha value is -2.75. The predicted molar refractivity (Wildman–Crippen MR) is 140 cm³/mol. The zero-order valence-corrected chi connectivity index (χ0v) is 22.2. The third-order valence-corrected chi connectivity index (χ3v) is 7.60. The van der Waals surface area contributed by atoms with Crippen LogP contribution in [0, 0.1) is 12.8 Å². The minimum absolute atomic E-state index is 0.203. The van der Waals surface area contributed by atoms with Gasteiger partial charge in [0, 0.05) is 38.1 Å². The van der Waals surface area contributed by atoms with Crippen molar-refractivity contribution in [2.24, 2.45) is 5.92 Å². The van der Waals surface area contributed by atoms with E-state index in [2.05, 4.69) is 17.1 Å². The minimum Gasteiger partial charge on any atom is -0.480 e. The lowest BCUT2D eigenvalue weighted by molar-refractivity contribution is -0.139. The molecule has 3 atom stereocenters. The Labute approximate surface area is 213 Å². The van der Waals surface area contributed by atoms with Crippen molar-refractivity contribution < 1.29 is 27.9 Å². The molecule has 1 saturated heterocycles. The smallest absolute Gasteiger partial charge is 0.326 e. The number of sulfone groups is 1. The SMILES string of the molecule is COC[C@@H]1CC(C)CN1Cc1ccc(C(=O)NC(CCS(C)(=O)=O)C(=O)O)c(-c2ccccc2C)c1. The number of rotatable bonds is 11. The molecule has 0 aliphatic carbocycles. The van der Waals surface area contributed by atoms with Gasteiger partial charge in [-0.1, -0.05) is 37.3 Å². The molecule has 9 heteroatoms. The Bertz CT molecular complexity index is 1200. The van der Waals surface area contributed by atoms with Crippen molar-refractivity contribution in [2.45, 2.75) is 45.3 Å². The second-order valence-corrected chi connectivity index (χ2v) is 12.1. The molecule has 1 aliphatic rings. The summed E-state index contributed by atoms with van der Waals surface area (Å²) < 4.78 is 28.5. The van der Waals surface area contributed by atoms with Gasteiger partial charge in [0.2, 0.25) is 0 Å². The molecule has 2 unspecified atom stereocenters. The van der Waals surface area contributed by atoms with Crippen LogP contribution in [0.1, 0.15) is 41.3 Å². The summed E-state index contributed by atoms with van der Waals surface area (Å²) in [7, 11) is -1.65. The molecule has 0 radical (unpaired) electrons. The molecule has 1 fully saturated rings. The Morgan fingerprint density at radius 2 is 1.92 bits per heavy atom. The van der Waals surface area contributed by atoms with E-state index in [9.17, 15) is 23.1 Å². The van der Waals surface area contributed by atoms with E-state index in [0.29, 0.717) is 36.2 Å². The quantitative estimate of drug-likeness (QED) is 0.472. The van der Waals surface area contributed by atoms with E-state index in [0.717, 1.165) is 35.9 Å². The van der Waals surface area contributed by atoms with Crippen LogP contribution in [0.25, 0.3) is 11.1 Å². The first-order chi connectivity index (χ1) is 17.0. The van der Waals surface area contributed by atoms with Crippen LogP contribution in [0.4, 0.5) is 0 Å². The van der Waals surface area contributed by atoms with Gasteiger partial charge in [-0.2, -0.15) is 0 Å². The highest BCUT2D eigenvalue weighted by Crippen LogP contribution is 2.30. The molecule has 2 aromatic carbocycles. The van der Waals surface area contributed by atoms with Gasteiger partial charge in [-0.3, -0.25) is 9.69 Å². The number of methoxy groups -OCH3 is 1. The lowest BCUT2D eigenvalue weighted by atomic mass is 9.93. The molecule has 0 spiro atoms. The van der Waals surface area contributed by atoms with Crippen molar-refractivity contribution in [3.63, 3.8) is 0 Å². The number of carboxylic acid groups (broad SMARTS) is 1. The summed E-state index contributed by atoms with van der Waals surface area (Å²) in [6, 6.07) is 12.4. The number of carboxylic acids is 1. The van der Waals surface area contributed by atoms with Crippen molar-refractivity contribution in [3.8, 4) is 11.1 Å². The fourth-order valence-corrected chi connectivity index (χ4v) is 5.51. The van der Waals surface area contributed by atoms with Gasteiger partial charge in [0.1, 0.15) is 15.9 Å². The first-order valence-electron chi connectivity index (χ1n) is 12.1. The van der Waals surface area contributed by atoms with Gasteiger partial charge in [0.15, 0.2) is 0 Å². The number of nitrogens with zero attached hydrogens (tertiary/aromatic N) is 1. The predicted octanol–water partition coefficient (Wildman–Crippen LogP) is 3.14. The van der Waals surface area contributed by atoms with Gasteiger partial charge in [-0.25, -0.2) is 13.2 Å². The number of nitrogens with one attached hydrogen (secondary N) is 1. The van der Waals surface area contributed by atoms with E-state index in [1.54, 1.807) is 13.2 Å². The maximum Gasteiger partial charge on any atom is 0.326 e. The van der Waals surface area contributed by atoms with Crippen LogP contribution < -0.4 is 5.32 Å². The zero-order chi connectivity index (χ0) is 26.5. The molecule has 2 aromatic rings. The number of ether oxygens (including phenoxy) is 1. The first kappa shape index (κ1) is 27.8. The van der Waals surface area contributed by atoms with E-state index < -0.39 is 27.8 Å². The molecular formula is C27H36N2O6S. The number of aliphatic carboxylic acids is 1. The molecule has 1 aliphatic heterocycles. The number of carbonyl (C=O) groups is 2. The monoisotopic (exact) mass is 516 g/mol. The third kappa shape index (κ3) is 7.38. The van der Waals surface area contributed by atoms with Crippen LogP contribution in [-0.4, -0.2) is 74.7 Å². The number of hydrogen-bond acceptors (Lipinski definition) is 6. The standard InChI is InChI=1S/C27H36N2O6S/c1-18-13-21(17-35-3)29(15-18)16-20-9-10-23(24(14-20)22-8-6-5-7-19(22)2)26(30)28-25(27(31)32)11-12-36(4,33)34/h5-10,14,18,21,25H,11-13,15-17H2,1-4H3,(H,28,30)(H,31,32)/t18?,21-,25?/m0/s1. The number of benzene rings is 2. The number of aryl methyl sites for hydroxylation is 1. The molecule has 1 amide bonds. The Morgan fingerprint density at radius 3 is 2.56 bits per heavy atom. The Balaban J connectivity index is 1.93. The molecule has 3 rings (SSSR count). The largest absolute Gasteiger partial charge is 0.480 e. The summed E-state index contributed by atoms with van der Waals surface area (Å²) in [4.78, 5) is 27.4. The first-order valence-corrected chi connectivity index (χ1v) is 14.2. The van der Waals surface area contributed by atoms with E-state index >= 15 is 0 Å². The molecule has 2 N–H and O–H groups in total. The summed E-state index contributed by atoms with van der Waals surface area (Å²) >= 11 is 0. The lowest BCUT2D eigenvalue weighted by Crippen LogP contribution is -2.42. The maximum absolute atomic E-state index is 13.3. The van der Waals surface area contributed by atoms with Crippen LogP contribution in [0.2, 0.25) is 0 Å². The van der Waals surface area contributed by atoms with Gasteiger partial charge in [0.25, 0.3) is 5.91 Å². The molecule has 196 valence electrons. The Morgan fingerprint density at radius 1 is 1.19 bits per heavy atom. The van der Waals surface area contributed by atoms with Gasteiger partial charge >= 0.3 is 5.97 Å². The van der Waals surface area contributed by atoms with Gasteiger partial charge in [0.05, 0.1) is 12.4 Å². The van der Waals surface area contributed by atoms with Crippen molar-refractivity contribution in [1.82, 2.24) is 10.2 Å². The van der Waals surface area contributed by atoms with Gasteiger partial charge in [-0.05, 0) is 60.1 Å². The molecule has 0 saturated carbocycles. The van der Waals surface area contributed by atoms with E-state index in [-0.39, 0.29) is 12.2 Å². The molecule has 1 heterocycles. The number of amides is 1. The van der Waals surface area contributed by atoms with Gasteiger partial charge < -0.3 is 15.2 Å². The molecule has 0 bridgehead atoms. The third-order valence-electron chi connectivity index (χ3n) is 6.63. The summed E-state index contributed by atoms with van der Waals surface area (Å²) in [5, 5.41) is 12.1. The second-order valence-electron chi connectivity index (χ2n) is 9.86. The van der Waals surface area contributed by atoms with Crippen molar-refractivity contribution in [1.29, 1.82) is 0 Å². The van der Waals surface area contributed by atoms with Crippen LogP contribution in [0.3, 0.4) is 0 Å². The normalized spacial score (nSPS) is 19.2. The topological polar surface area (TPSA) is 113 Å². The fourth-order valence-electron chi connectivity index (χ4n) is 4.84. The van der Waals surface area contributed by atoms with E-state index in [1.165, 1.54) is 0 Å². The van der Waals surface area contributed by atoms with Crippen LogP contribution in [0.5, 0.6) is 0 Å². The highest BCUT2D eigenvalue weighted by Gasteiger charge is 2.30. The van der Waals surface area contributed by atoms with E-state index in [1.807, 2.05) is 43.3 Å². The van der Waals surface area contributed by atoms with Crippen LogP contribution in [0.15, 0.2) is 42.5 Å². The van der Waals surface area contributed by atoms with Crippen LogP contribution in [-0.2, 0) is 25.9 Å². The Kier molecular flexibility index (Phi) is 9.27. The highest BCUT2D eigenvalue weighted by molar-refractivity contribution is 7.90. The van der Waals surface area contributed by atoms with Crippen molar-refractivity contribution in [2.75, 3.05) is 32.3 Å². The van der Waals surface area contributed by atoms with E-state index in [4.69, 9.17) is 4.74 Å². The van der Waals surface area contributed by atoms with Crippen molar-refractivity contribution in [3.05, 3.63) is 59.2 Å². The summed E-state index contributed by atoms with van der Waals surface area (Å²) in [5.41, 5.74) is 3.98. The zero-order valence-electron chi connectivity index (χ0n) is 21.4.